The van der Waals surface area contributed by atoms with Crippen molar-refractivity contribution >= 4 is 17.6 Å². The van der Waals surface area contributed by atoms with Gasteiger partial charge in [0.25, 0.3) is 0 Å². The van der Waals surface area contributed by atoms with Crippen molar-refractivity contribution in [2.24, 2.45) is 0 Å². The Morgan fingerprint density at radius 2 is 2.17 bits per heavy atom. The molecule has 1 aliphatic heterocycles. The summed E-state index contributed by atoms with van der Waals surface area (Å²) in [6.07, 6.45) is 5.67. The van der Waals surface area contributed by atoms with Crippen LogP contribution in [-0.4, -0.2) is 53.3 Å². The lowest BCUT2D eigenvalue weighted by Gasteiger charge is -2.34. The summed E-state index contributed by atoms with van der Waals surface area (Å²) in [5.41, 5.74) is 1.09. The molecule has 132 valence electrons. The van der Waals surface area contributed by atoms with Crippen LogP contribution < -0.4 is 5.32 Å². The molecule has 0 aliphatic carbocycles. The zero-order chi connectivity index (χ0) is 17.5. The van der Waals surface area contributed by atoms with E-state index < -0.39 is 0 Å². The minimum absolute atomic E-state index is 0.0756. The molecule has 1 saturated heterocycles. The van der Waals surface area contributed by atoms with Crippen LogP contribution >= 0.6 is 0 Å². The number of pyridine rings is 1. The number of hydrogen-bond donors (Lipinski definition) is 1. The zero-order valence-corrected chi connectivity index (χ0v) is 14.9. The Morgan fingerprint density at radius 3 is 2.88 bits per heavy atom. The van der Waals surface area contributed by atoms with Crippen molar-refractivity contribution in [1.29, 1.82) is 0 Å². The normalized spacial score (nSPS) is 17.8. The van der Waals surface area contributed by atoms with Crippen LogP contribution in [0.1, 0.15) is 44.6 Å². The minimum Gasteiger partial charge on any atom is -0.331 e. The molecule has 1 fully saturated rings. The van der Waals surface area contributed by atoms with E-state index in [2.05, 4.69) is 15.2 Å². The number of anilines is 1. The average molecular weight is 332 g/mol. The Kier molecular flexibility index (Phi) is 6.73. The first-order valence-corrected chi connectivity index (χ1v) is 8.71. The molecule has 0 saturated carbocycles. The average Bonchev–Trinajstić information content (AvgIpc) is 2.54. The van der Waals surface area contributed by atoms with Gasteiger partial charge in [0.1, 0.15) is 11.9 Å². The molecule has 1 aromatic rings. The van der Waals surface area contributed by atoms with Gasteiger partial charge in [-0.1, -0.05) is 6.92 Å². The van der Waals surface area contributed by atoms with Crippen molar-refractivity contribution in [2.75, 3.05) is 26.0 Å². The summed E-state index contributed by atoms with van der Waals surface area (Å²) in [5, 5.41) is 2.89. The van der Waals surface area contributed by atoms with E-state index in [0.717, 1.165) is 37.8 Å². The zero-order valence-electron chi connectivity index (χ0n) is 14.9. The van der Waals surface area contributed by atoms with Gasteiger partial charge in [0.15, 0.2) is 0 Å². The van der Waals surface area contributed by atoms with E-state index >= 15 is 0 Å². The third kappa shape index (κ3) is 5.03. The van der Waals surface area contributed by atoms with Crippen LogP contribution in [0.15, 0.2) is 18.3 Å². The molecule has 0 spiro atoms. The highest BCUT2D eigenvalue weighted by atomic mass is 16.2. The summed E-state index contributed by atoms with van der Waals surface area (Å²) in [6.45, 7) is 3.44. The van der Waals surface area contributed by atoms with E-state index in [1.54, 1.807) is 11.1 Å². The van der Waals surface area contributed by atoms with E-state index in [0.29, 0.717) is 18.8 Å². The van der Waals surface area contributed by atoms with Crippen LogP contribution in [0.3, 0.4) is 0 Å². The summed E-state index contributed by atoms with van der Waals surface area (Å²) in [7, 11) is 4.00. The summed E-state index contributed by atoms with van der Waals surface area (Å²) < 4.78 is 0. The highest BCUT2D eigenvalue weighted by Crippen LogP contribution is 2.20. The number of carbonyl (C=O) groups excluding carboxylic acids is 2. The largest absolute Gasteiger partial charge is 0.331 e. The number of piperidine rings is 1. The first-order chi connectivity index (χ1) is 11.5. The van der Waals surface area contributed by atoms with Gasteiger partial charge in [0, 0.05) is 25.7 Å². The fourth-order valence-electron chi connectivity index (χ4n) is 3.08. The molecular formula is C18H28N4O2. The second kappa shape index (κ2) is 8.78. The molecule has 1 N–H and O–H groups in total. The van der Waals surface area contributed by atoms with Gasteiger partial charge in [-0.2, -0.15) is 0 Å². The van der Waals surface area contributed by atoms with Gasteiger partial charge in [-0.25, -0.2) is 4.98 Å². The molecule has 1 aromatic heterocycles. The lowest BCUT2D eigenvalue weighted by atomic mass is 10.0. The minimum atomic E-state index is -0.378. The Morgan fingerprint density at radius 1 is 1.38 bits per heavy atom. The molecular weight excluding hydrogens is 304 g/mol. The van der Waals surface area contributed by atoms with Crippen molar-refractivity contribution < 1.29 is 9.59 Å². The van der Waals surface area contributed by atoms with Crippen LogP contribution in [-0.2, 0) is 16.1 Å². The van der Waals surface area contributed by atoms with Crippen molar-refractivity contribution in [2.45, 2.75) is 51.6 Å². The molecule has 1 atom stereocenters. The number of rotatable bonds is 6. The van der Waals surface area contributed by atoms with E-state index in [-0.39, 0.29) is 17.9 Å². The Hall–Kier alpha value is -1.95. The molecule has 6 nitrogen and oxygen atoms in total. The topological polar surface area (TPSA) is 65.5 Å². The molecule has 1 unspecified atom stereocenters. The molecule has 24 heavy (non-hydrogen) atoms. The molecule has 1 aliphatic rings. The second-order valence-corrected chi connectivity index (χ2v) is 6.63. The first kappa shape index (κ1) is 18.4. The Balaban J connectivity index is 2.05. The van der Waals surface area contributed by atoms with Gasteiger partial charge in [0.2, 0.25) is 11.8 Å². The fourth-order valence-corrected chi connectivity index (χ4v) is 3.08. The SMILES string of the molecule is CCCC(=O)N1CCCCC1C(=O)Nc1cc(CN(C)C)ccn1. The number of carbonyl (C=O) groups is 2. The molecule has 2 rings (SSSR count). The molecule has 0 aromatic carbocycles. The third-order valence-electron chi connectivity index (χ3n) is 4.16. The number of amides is 2. The number of nitrogens with zero attached hydrogens (tertiary/aromatic N) is 3. The van der Waals surface area contributed by atoms with E-state index in [9.17, 15) is 9.59 Å². The summed E-state index contributed by atoms with van der Waals surface area (Å²) >= 11 is 0. The predicted molar refractivity (Wildman–Crippen MR) is 94.5 cm³/mol. The van der Waals surface area contributed by atoms with Gasteiger partial charge in [0.05, 0.1) is 0 Å². The second-order valence-electron chi connectivity index (χ2n) is 6.63. The smallest absolute Gasteiger partial charge is 0.248 e. The maximum absolute atomic E-state index is 12.7. The quantitative estimate of drug-likeness (QED) is 0.868. The standard InChI is InChI=1S/C18H28N4O2/c1-4-7-17(23)22-11-6-5-8-15(22)18(24)20-16-12-14(9-10-19-16)13-21(2)3/h9-10,12,15H,4-8,11,13H2,1-3H3,(H,19,20,24). The van der Waals surface area contributed by atoms with Crippen molar-refractivity contribution in [3.8, 4) is 0 Å². The monoisotopic (exact) mass is 332 g/mol. The van der Waals surface area contributed by atoms with Gasteiger partial charge in [-0.15, -0.1) is 0 Å². The van der Waals surface area contributed by atoms with Gasteiger partial charge >= 0.3 is 0 Å². The van der Waals surface area contributed by atoms with Gasteiger partial charge in [-0.05, 0) is 57.5 Å². The number of aromatic nitrogens is 1. The van der Waals surface area contributed by atoms with Crippen molar-refractivity contribution in [3.63, 3.8) is 0 Å². The number of hydrogen-bond acceptors (Lipinski definition) is 4. The number of nitrogens with one attached hydrogen (secondary N) is 1. The van der Waals surface area contributed by atoms with Crippen LogP contribution in [0.2, 0.25) is 0 Å². The highest BCUT2D eigenvalue weighted by molar-refractivity contribution is 5.96. The molecule has 0 bridgehead atoms. The van der Waals surface area contributed by atoms with Crippen LogP contribution in [0.4, 0.5) is 5.82 Å². The Bertz CT molecular complexity index is 574. The van der Waals surface area contributed by atoms with E-state index in [4.69, 9.17) is 0 Å². The Labute approximate surface area is 144 Å². The maximum Gasteiger partial charge on any atom is 0.248 e. The molecule has 2 heterocycles. The highest BCUT2D eigenvalue weighted by Gasteiger charge is 2.31. The van der Waals surface area contributed by atoms with Crippen LogP contribution in [0.5, 0.6) is 0 Å². The third-order valence-corrected chi connectivity index (χ3v) is 4.16. The first-order valence-electron chi connectivity index (χ1n) is 8.71. The fraction of sp³-hybridized carbons (Fsp3) is 0.611. The number of likely N-dealkylation sites (tertiary alicyclic amines) is 1. The van der Waals surface area contributed by atoms with Gasteiger partial charge in [-0.3, -0.25) is 9.59 Å². The molecule has 0 radical (unpaired) electrons. The molecule has 2 amide bonds. The summed E-state index contributed by atoms with van der Waals surface area (Å²) in [5.74, 6) is 0.494. The van der Waals surface area contributed by atoms with Crippen LogP contribution in [0.25, 0.3) is 0 Å². The van der Waals surface area contributed by atoms with Crippen molar-refractivity contribution in [1.82, 2.24) is 14.8 Å². The molecule has 6 heteroatoms. The van der Waals surface area contributed by atoms with Crippen LogP contribution in [0, 0.1) is 0 Å². The maximum atomic E-state index is 12.7. The predicted octanol–water partition coefficient (Wildman–Crippen LogP) is 2.26. The van der Waals surface area contributed by atoms with Gasteiger partial charge < -0.3 is 15.1 Å². The summed E-state index contributed by atoms with van der Waals surface area (Å²) in [6, 6.07) is 3.45. The van der Waals surface area contributed by atoms with E-state index in [1.807, 2.05) is 33.2 Å². The van der Waals surface area contributed by atoms with E-state index in [1.165, 1.54) is 0 Å². The lowest BCUT2D eigenvalue weighted by Crippen LogP contribution is -2.50. The summed E-state index contributed by atoms with van der Waals surface area (Å²) in [4.78, 5) is 33.0. The van der Waals surface area contributed by atoms with Crippen molar-refractivity contribution in [3.05, 3.63) is 23.9 Å². The lowest BCUT2D eigenvalue weighted by molar-refractivity contribution is -0.140.